The SMILES string of the molecule is O=C(NC1CC1)c1ccc(N2CC[C@H](NCc3cc(F)ccc3O)C2)nc1. The molecule has 2 aliphatic rings. The Labute approximate surface area is 157 Å². The highest BCUT2D eigenvalue weighted by atomic mass is 19.1. The van der Waals surface area contributed by atoms with Crippen LogP contribution in [-0.4, -0.2) is 41.2 Å². The number of rotatable bonds is 6. The number of phenolic OH excluding ortho intramolecular Hbond substituents is 1. The van der Waals surface area contributed by atoms with Crippen LogP contribution in [0.1, 0.15) is 35.2 Å². The molecule has 2 heterocycles. The smallest absolute Gasteiger partial charge is 0.253 e. The Morgan fingerprint density at radius 1 is 1.22 bits per heavy atom. The lowest BCUT2D eigenvalue weighted by Crippen LogP contribution is -2.32. The summed E-state index contributed by atoms with van der Waals surface area (Å²) in [5, 5.41) is 16.1. The number of benzene rings is 1. The molecule has 1 aromatic carbocycles. The molecule has 1 aliphatic carbocycles. The summed E-state index contributed by atoms with van der Waals surface area (Å²) in [7, 11) is 0. The Kier molecular flexibility index (Phi) is 4.94. The van der Waals surface area contributed by atoms with Gasteiger partial charge in [-0.25, -0.2) is 9.37 Å². The van der Waals surface area contributed by atoms with Gasteiger partial charge < -0.3 is 20.6 Å². The van der Waals surface area contributed by atoms with Crippen LogP contribution in [0.15, 0.2) is 36.5 Å². The molecule has 0 unspecified atom stereocenters. The summed E-state index contributed by atoms with van der Waals surface area (Å²) in [5.41, 5.74) is 1.14. The highest BCUT2D eigenvalue weighted by Crippen LogP contribution is 2.22. The minimum atomic E-state index is -0.354. The minimum absolute atomic E-state index is 0.0626. The van der Waals surface area contributed by atoms with Gasteiger partial charge in [0.05, 0.1) is 5.56 Å². The van der Waals surface area contributed by atoms with Gasteiger partial charge in [-0.15, -0.1) is 0 Å². The predicted molar refractivity (Wildman–Crippen MR) is 100 cm³/mol. The first-order valence-electron chi connectivity index (χ1n) is 9.31. The molecule has 142 valence electrons. The van der Waals surface area contributed by atoms with Crippen molar-refractivity contribution in [3.8, 4) is 5.75 Å². The van der Waals surface area contributed by atoms with E-state index in [9.17, 15) is 14.3 Å². The lowest BCUT2D eigenvalue weighted by molar-refractivity contribution is 0.0950. The number of nitrogens with one attached hydrogen (secondary N) is 2. The van der Waals surface area contributed by atoms with Gasteiger partial charge in [0.1, 0.15) is 17.4 Å². The number of carbonyl (C=O) groups excluding carboxylic acids is 1. The quantitative estimate of drug-likeness (QED) is 0.727. The van der Waals surface area contributed by atoms with Crippen LogP contribution in [0.3, 0.4) is 0 Å². The van der Waals surface area contributed by atoms with Crippen LogP contribution in [0.25, 0.3) is 0 Å². The number of aromatic nitrogens is 1. The van der Waals surface area contributed by atoms with Crippen LogP contribution in [0, 0.1) is 5.82 Å². The topological polar surface area (TPSA) is 77.5 Å². The molecule has 1 saturated heterocycles. The first kappa shape index (κ1) is 17.7. The Hall–Kier alpha value is -2.67. The van der Waals surface area contributed by atoms with Gasteiger partial charge in [-0.3, -0.25) is 4.79 Å². The van der Waals surface area contributed by atoms with E-state index in [1.807, 2.05) is 12.1 Å². The van der Waals surface area contributed by atoms with Gasteiger partial charge in [-0.2, -0.15) is 0 Å². The number of hydrogen-bond acceptors (Lipinski definition) is 5. The number of phenols is 1. The van der Waals surface area contributed by atoms with Gasteiger partial charge in [-0.1, -0.05) is 0 Å². The van der Waals surface area contributed by atoms with E-state index >= 15 is 0 Å². The lowest BCUT2D eigenvalue weighted by atomic mass is 10.1. The molecular weight excluding hydrogens is 347 g/mol. The summed E-state index contributed by atoms with van der Waals surface area (Å²) in [6.45, 7) is 2.04. The van der Waals surface area contributed by atoms with Crippen molar-refractivity contribution >= 4 is 11.7 Å². The Morgan fingerprint density at radius 3 is 2.81 bits per heavy atom. The largest absolute Gasteiger partial charge is 0.508 e. The van der Waals surface area contributed by atoms with E-state index in [0.717, 1.165) is 38.2 Å². The highest BCUT2D eigenvalue weighted by molar-refractivity contribution is 5.94. The average molecular weight is 370 g/mol. The standard InChI is InChI=1S/C20H23FN4O2/c21-15-2-5-18(26)14(9-15)11-22-17-7-8-25(12-17)19-6-1-13(10-23-19)20(27)24-16-3-4-16/h1-2,5-6,9-10,16-17,22,26H,3-4,7-8,11-12H2,(H,24,27)/t17-/m0/s1. The van der Waals surface area contributed by atoms with Crippen molar-refractivity contribution < 1.29 is 14.3 Å². The third-order valence-corrected chi connectivity index (χ3v) is 5.06. The molecule has 2 fully saturated rings. The molecule has 7 heteroatoms. The van der Waals surface area contributed by atoms with E-state index in [1.165, 1.54) is 18.2 Å². The molecule has 6 nitrogen and oxygen atoms in total. The van der Waals surface area contributed by atoms with Crippen molar-refractivity contribution in [3.63, 3.8) is 0 Å². The van der Waals surface area contributed by atoms with Gasteiger partial charge in [0.2, 0.25) is 0 Å². The molecule has 1 atom stereocenters. The maximum absolute atomic E-state index is 13.3. The number of carbonyl (C=O) groups is 1. The molecule has 1 aliphatic heterocycles. The summed E-state index contributed by atoms with van der Waals surface area (Å²) in [6.07, 6.45) is 4.68. The molecule has 27 heavy (non-hydrogen) atoms. The van der Waals surface area contributed by atoms with E-state index in [-0.39, 0.29) is 23.5 Å². The highest BCUT2D eigenvalue weighted by Gasteiger charge is 2.25. The fraction of sp³-hybridized carbons (Fsp3) is 0.400. The Morgan fingerprint density at radius 2 is 2.07 bits per heavy atom. The van der Waals surface area contributed by atoms with Gasteiger partial charge in [0.15, 0.2) is 0 Å². The van der Waals surface area contributed by atoms with Crippen LogP contribution >= 0.6 is 0 Å². The number of aromatic hydroxyl groups is 1. The van der Waals surface area contributed by atoms with Crippen LogP contribution in [0.4, 0.5) is 10.2 Å². The van der Waals surface area contributed by atoms with E-state index in [0.29, 0.717) is 23.7 Å². The van der Waals surface area contributed by atoms with Gasteiger partial charge in [0.25, 0.3) is 5.91 Å². The third kappa shape index (κ3) is 4.36. The summed E-state index contributed by atoms with van der Waals surface area (Å²) >= 11 is 0. The molecule has 1 amide bonds. The number of halogens is 1. The van der Waals surface area contributed by atoms with E-state index < -0.39 is 0 Å². The maximum Gasteiger partial charge on any atom is 0.253 e. The van der Waals surface area contributed by atoms with Crippen LogP contribution in [-0.2, 0) is 6.54 Å². The average Bonchev–Trinajstić information content (AvgIpc) is 3.36. The minimum Gasteiger partial charge on any atom is -0.508 e. The van der Waals surface area contributed by atoms with Crippen LogP contribution < -0.4 is 15.5 Å². The van der Waals surface area contributed by atoms with E-state index in [2.05, 4.69) is 20.5 Å². The zero-order valence-electron chi connectivity index (χ0n) is 15.0. The maximum atomic E-state index is 13.3. The van der Waals surface area contributed by atoms with Crippen molar-refractivity contribution in [1.82, 2.24) is 15.6 Å². The number of amides is 1. The predicted octanol–water partition coefficient (Wildman–Crippen LogP) is 2.19. The second-order valence-corrected chi connectivity index (χ2v) is 7.24. The van der Waals surface area contributed by atoms with Crippen molar-refractivity contribution in [3.05, 3.63) is 53.5 Å². The molecular formula is C20H23FN4O2. The molecule has 0 radical (unpaired) electrons. The Bertz CT molecular complexity index is 823. The zero-order chi connectivity index (χ0) is 18.8. The molecule has 4 rings (SSSR count). The first-order valence-corrected chi connectivity index (χ1v) is 9.31. The normalized spacial score (nSPS) is 19.3. The number of pyridine rings is 1. The summed E-state index contributed by atoms with van der Waals surface area (Å²) in [5.74, 6) is 0.524. The van der Waals surface area contributed by atoms with Crippen molar-refractivity contribution in [2.24, 2.45) is 0 Å². The number of anilines is 1. The fourth-order valence-corrected chi connectivity index (χ4v) is 3.29. The van der Waals surface area contributed by atoms with Crippen LogP contribution in [0.5, 0.6) is 5.75 Å². The molecule has 3 N–H and O–H groups in total. The van der Waals surface area contributed by atoms with Gasteiger partial charge in [-0.05, 0) is 49.6 Å². The van der Waals surface area contributed by atoms with E-state index in [1.54, 1.807) is 6.20 Å². The molecule has 0 bridgehead atoms. The second-order valence-electron chi connectivity index (χ2n) is 7.24. The van der Waals surface area contributed by atoms with Crippen molar-refractivity contribution in [1.29, 1.82) is 0 Å². The number of nitrogens with zero attached hydrogens (tertiary/aromatic N) is 2. The van der Waals surface area contributed by atoms with E-state index in [4.69, 9.17) is 0 Å². The zero-order valence-corrected chi connectivity index (χ0v) is 15.0. The fourth-order valence-electron chi connectivity index (χ4n) is 3.29. The van der Waals surface area contributed by atoms with Gasteiger partial charge >= 0.3 is 0 Å². The molecule has 1 saturated carbocycles. The summed E-state index contributed by atoms with van der Waals surface area (Å²) in [6, 6.07) is 8.22. The monoisotopic (exact) mass is 370 g/mol. The molecule has 2 aromatic rings. The molecule has 1 aromatic heterocycles. The molecule has 0 spiro atoms. The summed E-state index contributed by atoms with van der Waals surface area (Å²) in [4.78, 5) is 18.6. The second kappa shape index (κ2) is 7.52. The summed E-state index contributed by atoms with van der Waals surface area (Å²) < 4.78 is 13.3. The van der Waals surface area contributed by atoms with Crippen LogP contribution in [0.2, 0.25) is 0 Å². The van der Waals surface area contributed by atoms with Crippen molar-refractivity contribution in [2.45, 2.75) is 37.9 Å². The van der Waals surface area contributed by atoms with Gasteiger partial charge in [0, 0.05) is 43.5 Å². The number of hydrogen-bond donors (Lipinski definition) is 3. The first-order chi connectivity index (χ1) is 13.1. The van der Waals surface area contributed by atoms with Crippen molar-refractivity contribution in [2.75, 3.05) is 18.0 Å². The Balaban J connectivity index is 1.31. The lowest BCUT2D eigenvalue weighted by Gasteiger charge is -2.18. The third-order valence-electron chi connectivity index (χ3n) is 5.06.